The molecule has 0 aliphatic carbocycles. The molecule has 1 nitrogen and oxygen atoms in total. The lowest BCUT2D eigenvalue weighted by Gasteiger charge is -1.98. The standard InChI is InChI=1S/C12H23N/c1-12(2)10-8-6-4-3-5-7-9-11-13/h4,6-7,9,12H,3,5,8,10-11,13H2,1-2H3/b6-4-,9-7-. The van der Waals surface area contributed by atoms with E-state index in [0.29, 0.717) is 6.54 Å². The number of nitrogens with two attached hydrogens (primary N) is 1. The fraction of sp³-hybridized carbons (Fsp3) is 0.667. The van der Waals surface area contributed by atoms with Crippen LogP contribution in [0.5, 0.6) is 0 Å². The second-order valence-electron chi connectivity index (χ2n) is 3.73. The van der Waals surface area contributed by atoms with Gasteiger partial charge < -0.3 is 5.73 Å². The Kier molecular flexibility index (Phi) is 9.12. The van der Waals surface area contributed by atoms with E-state index in [1.165, 1.54) is 12.8 Å². The molecule has 0 bridgehead atoms. The summed E-state index contributed by atoms with van der Waals surface area (Å²) in [5.41, 5.74) is 5.32. The van der Waals surface area contributed by atoms with E-state index in [0.717, 1.165) is 18.8 Å². The van der Waals surface area contributed by atoms with E-state index >= 15 is 0 Å². The van der Waals surface area contributed by atoms with Gasteiger partial charge in [-0.05, 0) is 31.6 Å². The van der Waals surface area contributed by atoms with Crippen LogP contribution in [0.1, 0.15) is 39.5 Å². The number of hydrogen-bond donors (Lipinski definition) is 1. The monoisotopic (exact) mass is 181 g/mol. The third-order valence-corrected chi connectivity index (χ3v) is 1.88. The van der Waals surface area contributed by atoms with E-state index in [4.69, 9.17) is 5.73 Å². The van der Waals surface area contributed by atoms with Crippen molar-refractivity contribution in [2.75, 3.05) is 6.54 Å². The molecular weight excluding hydrogens is 158 g/mol. The van der Waals surface area contributed by atoms with Crippen molar-refractivity contribution in [2.45, 2.75) is 39.5 Å². The van der Waals surface area contributed by atoms with Crippen molar-refractivity contribution in [3.05, 3.63) is 24.3 Å². The maximum atomic E-state index is 5.32. The maximum absolute atomic E-state index is 5.32. The van der Waals surface area contributed by atoms with E-state index in [9.17, 15) is 0 Å². The average molecular weight is 181 g/mol. The predicted octanol–water partition coefficient (Wildman–Crippen LogP) is 3.27. The van der Waals surface area contributed by atoms with Crippen molar-refractivity contribution in [1.82, 2.24) is 0 Å². The van der Waals surface area contributed by atoms with E-state index in [2.05, 4.69) is 32.1 Å². The van der Waals surface area contributed by atoms with Crippen LogP contribution in [0.2, 0.25) is 0 Å². The van der Waals surface area contributed by atoms with E-state index in [1.54, 1.807) is 0 Å². The van der Waals surface area contributed by atoms with Crippen LogP contribution in [0.3, 0.4) is 0 Å². The van der Waals surface area contributed by atoms with Crippen LogP contribution in [0.4, 0.5) is 0 Å². The average Bonchev–Trinajstić information content (AvgIpc) is 2.09. The third-order valence-electron chi connectivity index (χ3n) is 1.88. The Hall–Kier alpha value is -0.560. The summed E-state index contributed by atoms with van der Waals surface area (Å²) >= 11 is 0. The number of allylic oxidation sites excluding steroid dienone is 3. The molecule has 0 radical (unpaired) electrons. The molecular formula is C12H23N. The number of rotatable bonds is 7. The highest BCUT2D eigenvalue weighted by Gasteiger charge is 1.88. The molecule has 0 saturated carbocycles. The quantitative estimate of drug-likeness (QED) is 0.473. The first-order chi connectivity index (χ1) is 6.27. The lowest BCUT2D eigenvalue weighted by molar-refractivity contribution is 0.594. The van der Waals surface area contributed by atoms with Crippen molar-refractivity contribution >= 4 is 0 Å². The summed E-state index contributed by atoms with van der Waals surface area (Å²) in [5.74, 6) is 0.821. The van der Waals surface area contributed by atoms with Gasteiger partial charge in [-0.1, -0.05) is 38.2 Å². The summed E-state index contributed by atoms with van der Waals surface area (Å²) in [6.45, 7) is 5.19. The molecule has 13 heavy (non-hydrogen) atoms. The van der Waals surface area contributed by atoms with Gasteiger partial charge in [0.2, 0.25) is 0 Å². The van der Waals surface area contributed by atoms with Crippen molar-refractivity contribution < 1.29 is 0 Å². The van der Waals surface area contributed by atoms with Crippen molar-refractivity contribution in [3.8, 4) is 0 Å². The lowest BCUT2D eigenvalue weighted by Crippen LogP contribution is -1.91. The zero-order chi connectivity index (χ0) is 9.94. The topological polar surface area (TPSA) is 26.0 Å². The third kappa shape index (κ3) is 11.4. The Bertz CT molecular complexity index is 145. The van der Waals surface area contributed by atoms with E-state index < -0.39 is 0 Å². The summed E-state index contributed by atoms with van der Waals surface area (Å²) in [6.07, 6.45) is 13.5. The van der Waals surface area contributed by atoms with Crippen molar-refractivity contribution in [3.63, 3.8) is 0 Å². The van der Waals surface area contributed by atoms with Gasteiger partial charge in [0.1, 0.15) is 0 Å². The largest absolute Gasteiger partial charge is 0.327 e. The van der Waals surface area contributed by atoms with Gasteiger partial charge in [-0.2, -0.15) is 0 Å². The van der Waals surface area contributed by atoms with Crippen LogP contribution >= 0.6 is 0 Å². The number of hydrogen-bond acceptors (Lipinski definition) is 1. The molecule has 1 heteroatoms. The molecule has 0 heterocycles. The Morgan fingerprint density at radius 2 is 1.46 bits per heavy atom. The van der Waals surface area contributed by atoms with Crippen LogP contribution in [0.25, 0.3) is 0 Å². The Morgan fingerprint density at radius 3 is 2.00 bits per heavy atom. The molecule has 0 unspecified atom stereocenters. The first kappa shape index (κ1) is 12.4. The molecule has 0 aromatic carbocycles. The summed E-state index contributed by atoms with van der Waals surface area (Å²) in [6, 6.07) is 0. The molecule has 0 amide bonds. The van der Waals surface area contributed by atoms with Gasteiger partial charge >= 0.3 is 0 Å². The molecule has 0 aromatic rings. The van der Waals surface area contributed by atoms with Gasteiger partial charge in [0, 0.05) is 6.54 Å². The molecule has 2 N–H and O–H groups in total. The Labute approximate surface area is 82.7 Å². The van der Waals surface area contributed by atoms with Crippen molar-refractivity contribution in [2.24, 2.45) is 11.7 Å². The molecule has 76 valence electrons. The van der Waals surface area contributed by atoms with Crippen LogP contribution in [-0.2, 0) is 0 Å². The second kappa shape index (κ2) is 9.53. The van der Waals surface area contributed by atoms with Gasteiger partial charge in [0.05, 0.1) is 0 Å². The summed E-state index contributed by atoms with van der Waals surface area (Å²) in [7, 11) is 0. The molecule has 0 aliphatic rings. The highest BCUT2D eigenvalue weighted by molar-refractivity contribution is 4.88. The summed E-state index contributed by atoms with van der Waals surface area (Å²) < 4.78 is 0. The molecule has 0 rings (SSSR count). The second-order valence-corrected chi connectivity index (χ2v) is 3.73. The molecule has 0 aromatic heterocycles. The van der Waals surface area contributed by atoms with Gasteiger partial charge in [0.15, 0.2) is 0 Å². The van der Waals surface area contributed by atoms with E-state index in [-0.39, 0.29) is 0 Å². The minimum absolute atomic E-state index is 0.664. The smallest absolute Gasteiger partial charge is 0.0106 e. The van der Waals surface area contributed by atoms with Crippen LogP contribution < -0.4 is 5.73 Å². The van der Waals surface area contributed by atoms with E-state index in [1.807, 2.05) is 6.08 Å². The molecule has 0 spiro atoms. The zero-order valence-electron chi connectivity index (χ0n) is 9.00. The highest BCUT2D eigenvalue weighted by atomic mass is 14.5. The minimum atomic E-state index is 0.664. The van der Waals surface area contributed by atoms with Gasteiger partial charge in [0.25, 0.3) is 0 Å². The molecule has 0 aliphatic heterocycles. The Morgan fingerprint density at radius 1 is 0.923 bits per heavy atom. The lowest BCUT2D eigenvalue weighted by atomic mass is 10.1. The maximum Gasteiger partial charge on any atom is 0.0106 e. The van der Waals surface area contributed by atoms with Gasteiger partial charge in [-0.15, -0.1) is 0 Å². The fourth-order valence-corrected chi connectivity index (χ4v) is 1.07. The molecule has 0 atom stereocenters. The highest BCUT2D eigenvalue weighted by Crippen LogP contribution is 2.04. The van der Waals surface area contributed by atoms with Crippen LogP contribution in [0, 0.1) is 5.92 Å². The number of unbranched alkanes of at least 4 members (excludes halogenated alkanes) is 1. The minimum Gasteiger partial charge on any atom is -0.327 e. The van der Waals surface area contributed by atoms with Crippen LogP contribution in [0.15, 0.2) is 24.3 Å². The zero-order valence-corrected chi connectivity index (χ0v) is 9.00. The predicted molar refractivity (Wildman–Crippen MR) is 60.6 cm³/mol. The Balaban J connectivity index is 3.17. The molecule has 0 saturated heterocycles. The SMILES string of the molecule is CC(C)CC/C=C\CC/C=C\CN. The van der Waals surface area contributed by atoms with Crippen molar-refractivity contribution in [1.29, 1.82) is 0 Å². The summed E-state index contributed by atoms with van der Waals surface area (Å²) in [5, 5.41) is 0. The van der Waals surface area contributed by atoms with Crippen LogP contribution in [-0.4, -0.2) is 6.54 Å². The summed E-state index contributed by atoms with van der Waals surface area (Å²) in [4.78, 5) is 0. The molecule has 0 fully saturated rings. The first-order valence-electron chi connectivity index (χ1n) is 5.27. The fourth-order valence-electron chi connectivity index (χ4n) is 1.07. The normalized spacial score (nSPS) is 12.3. The first-order valence-corrected chi connectivity index (χ1v) is 5.27. The van der Waals surface area contributed by atoms with Gasteiger partial charge in [-0.25, -0.2) is 0 Å². The van der Waals surface area contributed by atoms with Gasteiger partial charge in [-0.3, -0.25) is 0 Å².